The van der Waals surface area contributed by atoms with Crippen molar-refractivity contribution in [1.82, 2.24) is 19.7 Å². The van der Waals surface area contributed by atoms with Gasteiger partial charge in [0.05, 0.1) is 22.3 Å². The van der Waals surface area contributed by atoms with E-state index in [4.69, 9.17) is 51.2 Å². The van der Waals surface area contributed by atoms with Crippen LogP contribution in [0.5, 0.6) is 0 Å². The second kappa shape index (κ2) is 16.3. The third-order valence-electron chi connectivity index (χ3n) is 8.73. The first-order chi connectivity index (χ1) is 22.6. The van der Waals surface area contributed by atoms with Gasteiger partial charge in [-0.25, -0.2) is 9.78 Å². The van der Waals surface area contributed by atoms with Crippen molar-refractivity contribution in [2.45, 2.75) is 37.6 Å². The third-order valence-corrected chi connectivity index (χ3v) is 9.90. The number of aromatic nitrogens is 1. The molecular weight excluding hydrogens is 682 g/mol. The number of oxime groups is 1. The number of pyridine rings is 1. The summed E-state index contributed by atoms with van der Waals surface area (Å²) in [5.41, 5.74) is 1.97. The number of amides is 3. The van der Waals surface area contributed by atoms with Crippen molar-refractivity contribution in [2.24, 2.45) is 5.16 Å². The molecule has 0 saturated carbocycles. The Labute approximate surface area is 295 Å². The smallest absolute Gasteiger partial charge is 0.325 e. The van der Waals surface area contributed by atoms with Crippen molar-refractivity contribution >= 4 is 69.9 Å². The van der Waals surface area contributed by atoms with Gasteiger partial charge in [0.1, 0.15) is 12.9 Å². The number of anilines is 1. The minimum atomic E-state index is -0.248. The van der Waals surface area contributed by atoms with Gasteiger partial charge in [-0.2, -0.15) is 0 Å². The van der Waals surface area contributed by atoms with Gasteiger partial charge in [-0.3, -0.25) is 9.69 Å². The summed E-state index contributed by atoms with van der Waals surface area (Å²) in [6.45, 7) is 4.13. The number of benzene rings is 2. The van der Waals surface area contributed by atoms with Crippen LogP contribution in [0, 0.1) is 0 Å². The second-order valence-electron chi connectivity index (χ2n) is 11.8. The van der Waals surface area contributed by atoms with Crippen LogP contribution in [0.2, 0.25) is 20.1 Å². The zero-order valence-electron chi connectivity index (χ0n) is 26.4. The van der Waals surface area contributed by atoms with E-state index in [1.807, 2.05) is 35.2 Å². The maximum atomic E-state index is 13.4. The lowest BCUT2D eigenvalue weighted by atomic mass is 9.89. The lowest BCUT2D eigenvalue weighted by Gasteiger charge is -2.43. The molecule has 3 heterocycles. The van der Waals surface area contributed by atoms with Crippen molar-refractivity contribution in [1.29, 1.82) is 0 Å². The molecule has 9 nitrogen and oxygen atoms in total. The van der Waals surface area contributed by atoms with Crippen LogP contribution in [-0.4, -0.2) is 96.8 Å². The molecule has 3 aromatic rings. The van der Waals surface area contributed by atoms with E-state index in [-0.39, 0.29) is 30.4 Å². The van der Waals surface area contributed by atoms with Crippen LogP contribution >= 0.6 is 46.4 Å². The van der Waals surface area contributed by atoms with Crippen molar-refractivity contribution in [3.8, 4) is 0 Å². The Morgan fingerprint density at radius 2 is 1.74 bits per heavy atom. The van der Waals surface area contributed by atoms with E-state index in [0.29, 0.717) is 50.1 Å². The van der Waals surface area contributed by atoms with Gasteiger partial charge in [-0.15, -0.1) is 0 Å². The molecule has 0 radical (unpaired) electrons. The maximum Gasteiger partial charge on any atom is 0.325 e. The van der Waals surface area contributed by atoms with Crippen LogP contribution in [0.1, 0.15) is 47.5 Å². The first-order valence-corrected chi connectivity index (χ1v) is 17.1. The van der Waals surface area contributed by atoms with Gasteiger partial charge in [-0.05, 0) is 80.3 Å². The molecule has 0 bridgehead atoms. The van der Waals surface area contributed by atoms with E-state index in [1.165, 1.54) is 7.11 Å². The first-order valence-electron chi connectivity index (χ1n) is 15.6. The standard InChI is InChI=1S/C34H38Cl4N6O3/c1-41(33(45)24-18-25(35)21-26(36)19-24)22-31(40-47-2)28(23-7-8-29(37)30(38)20-23)11-17-42-15-9-27(10-16-42)43-13-5-14-44(34(43)46)32-6-3-4-12-39-32/h3-4,6-8,12,18-21,27-28H,5,9-11,13-17,22H2,1-2H3/b40-31+. The SMILES string of the molecule is CO/N=C(\CN(C)C(=O)c1cc(Cl)cc(Cl)c1)C(CCN1CCC(N2CCCN(c3ccccn3)C2=O)CC1)c1ccc(Cl)c(Cl)c1. The van der Waals surface area contributed by atoms with Gasteiger partial charge in [0.25, 0.3) is 5.91 Å². The summed E-state index contributed by atoms with van der Waals surface area (Å²) >= 11 is 25.1. The van der Waals surface area contributed by atoms with E-state index in [9.17, 15) is 9.59 Å². The molecular formula is C34H38Cl4N6O3. The summed E-state index contributed by atoms with van der Waals surface area (Å²) in [4.78, 5) is 44.3. The molecule has 2 aliphatic heterocycles. The fourth-order valence-corrected chi connectivity index (χ4v) is 7.20. The summed E-state index contributed by atoms with van der Waals surface area (Å²) in [6, 6.07) is 16.2. The monoisotopic (exact) mass is 718 g/mol. The molecule has 2 fully saturated rings. The quantitative estimate of drug-likeness (QED) is 0.150. The number of likely N-dealkylation sites (tertiary alicyclic amines) is 1. The molecule has 3 amide bonds. The highest BCUT2D eigenvalue weighted by Crippen LogP contribution is 2.31. The number of halogens is 4. The largest absolute Gasteiger partial charge is 0.399 e. The van der Waals surface area contributed by atoms with Crippen molar-refractivity contribution in [3.05, 3.63) is 92.0 Å². The Morgan fingerprint density at radius 3 is 2.40 bits per heavy atom. The Hall–Kier alpha value is -3.08. The molecule has 1 aromatic heterocycles. The number of rotatable bonds is 11. The van der Waals surface area contributed by atoms with Crippen molar-refractivity contribution < 1.29 is 14.4 Å². The van der Waals surface area contributed by atoms with Gasteiger partial charge in [0.15, 0.2) is 0 Å². The molecule has 5 rings (SSSR count). The summed E-state index contributed by atoms with van der Waals surface area (Å²) in [5, 5.41) is 6.07. The molecule has 0 spiro atoms. The van der Waals surface area contributed by atoms with E-state index in [2.05, 4.69) is 15.0 Å². The fraction of sp³-hybridized carbons (Fsp3) is 0.412. The van der Waals surface area contributed by atoms with E-state index in [0.717, 1.165) is 51.0 Å². The number of urea groups is 1. The lowest BCUT2D eigenvalue weighted by molar-refractivity contribution is 0.0812. The molecule has 2 saturated heterocycles. The van der Waals surface area contributed by atoms with Crippen LogP contribution in [-0.2, 0) is 4.84 Å². The Kier molecular flexibility index (Phi) is 12.3. The van der Waals surface area contributed by atoms with Crippen molar-refractivity contribution in [2.75, 3.05) is 58.3 Å². The number of carbonyl (C=O) groups is 2. The van der Waals surface area contributed by atoms with Crippen LogP contribution in [0.25, 0.3) is 0 Å². The van der Waals surface area contributed by atoms with Crippen LogP contribution in [0.3, 0.4) is 0 Å². The average molecular weight is 721 g/mol. The zero-order chi connectivity index (χ0) is 33.5. The number of hydrogen-bond acceptors (Lipinski definition) is 6. The molecule has 13 heteroatoms. The highest BCUT2D eigenvalue weighted by Gasteiger charge is 2.34. The van der Waals surface area contributed by atoms with Crippen LogP contribution < -0.4 is 4.90 Å². The van der Waals surface area contributed by atoms with Gasteiger partial charge in [0.2, 0.25) is 0 Å². The summed E-state index contributed by atoms with van der Waals surface area (Å²) in [7, 11) is 3.20. The molecule has 1 unspecified atom stereocenters. The Bertz CT molecular complexity index is 1570. The van der Waals surface area contributed by atoms with Gasteiger partial charge >= 0.3 is 6.03 Å². The maximum absolute atomic E-state index is 13.4. The topological polar surface area (TPSA) is 81.6 Å². The fourth-order valence-electron chi connectivity index (χ4n) is 6.36. The molecule has 0 aliphatic carbocycles. The van der Waals surface area contributed by atoms with Gasteiger partial charge in [-0.1, -0.05) is 63.7 Å². The summed E-state index contributed by atoms with van der Waals surface area (Å²) in [6.07, 6.45) is 5.11. The van der Waals surface area contributed by atoms with Crippen LogP contribution in [0.4, 0.5) is 10.6 Å². The molecule has 0 N–H and O–H groups in total. The predicted molar refractivity (Wildman–Crippen MR) is 189 cm³/mol. The Balaban J connectivity index is 1.26. The summed E-state index contributed by atoms with van der Waals surface area (Å²) < 4.78 is 0. The van der Waals surface area contributed by atoms with Crippen molar-refractivity contribution in [3.63, 3.8) is 0 Å². The van der Waals surface area contributed by atoms with Gasteiger partial charge in [0, 0.05) is 67.0 Å². The highest BCUT2D eigenvalue weighted by atomic mass is 35.5. The zero-order valence-corrected chi connectivity index (χ0v) is 29.4. The lowest BCUT2D eigenvalue weighted by Crippen LogP contribution is -2.56. The average Bonchev–Trinajstić information content (AvgIpc) is 3.06. The molecule has 1 atom stereocenters. The normalized spacial score (nSPS) is 17.1. The minimum absolute atomic E-state index is 0.0345. The molecule has 250 valence electrons. The van der Waals surface area contributed by atoms with Gasteiger partial charge < -0.3 is 19.5 Å². The molecule has 2 aliphatic rings. The van der Waals surface area contributed by atoms with E-state index in [1.54, 1.807) is 47.3 Å². The highest BCUT2D eigenvalue weighted by molar-refractivity contribution is 6.42. The minimum Gasteiger partial charge on any atom is -0.399 e. The number of nitrogens with zero attached hydrogens (tertiary/aromatic N) is 6. The second-order valence-corrected chi connectivity index (χ2v) is 13.5. The Morgan fingerprint density at radius 1 is 1.00 bits per heavy atom. The first kappa shape index (κ1) is 35.2. The number of piperidine rings is 1. The third kappa shape index (κ3) is 8.89. The summed E-state index contributed by atoms with van der Waals surface area (Å²) in [5.74, 6) is 0.239. The number of carbonyl (C=O) groups excluding carboxylic acids is 2. The predicted octanol–water partition coefficient (Wildman–Crippen LogP) is 7.74. The molecule has 2 aromatic carbocycles. The van der Waals surface area contributed by atoms with E-state index < -0.39 is 0 Å². The van der Waals surface area contributed by atoms with E-state index >= 15 is 0 Å². The molecule has 47 heavy (non-hydrogen) atoms. The van der Waals surface area contributed by atoms with Crippen LogP contribution in [0.15, 0.2) is 65.9 Å². The number of hydrogen-bond donors (Lipinski definition) is 0.